The highest BCUT2D eigenvalue weighted by molar-refractivity contribution is 6.75. The van der Waals surface area contributed by atoms with Crippen LogP contribution in [-0.2, 0) is 20.5 Å². The summed E-state index contributed by atoms with van der Waals surface area (Å²) >= 11 is 0. The normalized spacial score (nSPS) is 30.0. The van der Waals surface area contributed by atoms with Crippen LogP contribution in [0.3, 0.4) is 0 Å². The standard InChI is InChI=1S/C26H42O5Si/c1-7-14-26(31-32(8-2,9-3)19(4)5)24-16-23(30-25(26)27)15-21(24)18-29-17-20-10-12-22(28-6)13-11-20/h7,10-13,19,21,23-25,27H,1,8-9,14-18H2,2-6H3/t21-,23-,24-,25?,26+/m1/s1. The minimum absolute atomic E-state index is 0.0736. The largest absolute Gasteiger partial charge is 0.497 e. The van der Waals surface area contributed by atoms with Gasteiger partial charge in [-0.1, -0.05) is 45.9 Å². The quantitative estimate of drug-likeness (QED) is 0.320. The Balaban J connectivity index is 1.77. The number of hydrogen-bond donors (Lipinski definition) is 1. The molecule has 1 saturated carbocycles. The lowest BCUT2D eigenvalue weighted by atomic mass is 9.77. The van der Waals surface area contributed by atoms with Crippen LogP contribution >= 0.6 is 0 Å². The van der Waals surface area contributed by atoms with Crippen molar-refractivity contribution in [3.63, 3.8) is 0 Å². The Morgan fingerprint density at radius 1 is 1.22 bits per heavy atom. The molecule has 1 aliphatic carbocycles. The molecule has 2 aliphatic rings. The van der Waals surface area contributed by atoms with Gasteiger partial charge in [-0.2, -0.15) is 0 Å². The summed E-state index contributed by atoms with van der Waals surface area (Å²) in [6, 6.07) is 10.0. The van der Waals surface area contributed by atoms with Gasteiger partial charge in [0.05, 0.1) is 26.4 Å². The van der Waals surface area contributed by atoms with Crippen LogP contribution in [0.5, 0.6) is 5.75 Å². The van der Waals surface area contributed by atoms with Crippen molar-refractivity contribution in [2.24, 2.45) is 11.8 Å². The molecule has 1 N–H and O–H groups in total. The van der Waals surface area contributed by atoms with E-state index in [0.717, 1.165) is 36.2 Å². The van der Waals surface area contributed by atoms with E-state index in [9.17, 15) is 5.11 Å². The van der Waals surface area contributed by atoms with Crippen molar-refractivity contribution in [1.29, 1.82) is 0 Å². The highest BCUT2D eigenvalue weighted by Crippen LogP contribution is 2.53. The van der Waals surface area contributed by atoms with Crippen LogP contribution in [0, 0.1) is 11.8 Å². The Bertz CT molecular complexity index is 732. The van der Waals surface area contributed by atoms with E-state index >= 15 is 0 Å². The van der Waals surface area contributed by atoms with Gasteiger partial charge in [0, 0.05) is 0 Å². The second-order valence-corrected chi connectivity index (χ2v) is 14.7. The Hall–Kier alpha value is -1.18. The van der Waals surface area contributed by atoms with Crippen molar-refractivity contribution in [3.8, 4) is 5.75 Å². The fourth-order valence-corrected chi connectivity index (χ4v) is 9.60. The zero-order valence-electron chi connectivity index (χ0n) is 20.5. The fraction of sp³-hybridized carbons (Fsp3) is 0.692. The van der Waals surface area contributed by atoms with Crippen molar-refractivity contribution >= 4 is 8.32 Å². The van der Waals surface area contributed by atoms with Gasteiger partial charge in [-0.3, -0.25) is 0 Å². The number of hydrogen-bond acceptors (Lipinski definition) is 5. The molecular weight excluding hydrogens is 420 g/mol. The molecule has 2 bridgehead atoms. The van der Waals surface area contributed by atoms with Gasteiger partial charge in [-0.25, -0.2) is 0 Å². The summed E-state index contributed by atoms with van der Waals surface area (Å²) in [5, 5.41) is 11.2. The van der Waals surface area contributed by atoms with Gasteiger partial charge >= 0.3 is 0 Å². The zero-order chi connectivity index (χ0) is 23.4. The fourth-order valence-electron chi connectivity index (χ4n) is 5.85. The molecule has 1 aliphatic heterocycles. The molecule has 6 heteroatoms. The lowest BCUT2D eigenvalue weighted by Gasteiger charge is -2.52. The van der Waals surface area contributed by atoms with Gasteiger partial charge < -0.3 is 23.7 Å². The third-order valence-electron chi connectivity index (χ3n) is 7.88. The summed E-state index contributed by atoms with van der Waals surface area (Å²) in [5.74, 6) is 1.34. The number of fused-ring (bicyclic) bond motifs is 2. The van der Waals surface area contributed by atoms with E-state index in [4.69, 9.17) is 18.6 Å². The van der Waals surface area contributed by atoms with E-state index in [-0.39, 0.29) is 12.0 Å². The van der Waals surface area contributed by atoms with Crippen molar-refractivity contribution in [1.82, 2.24) is 0 Å². The summed E-state index contributed by atoms with van der Waals surface area (Å²) in [6.45, 7) is 14.2. The second kappa shape index (κ2) is 10.8. The Kier molecular flexibility index (Phi) is 8.61. The van der Waals surface area contributed by atoms with Crippen molar-refractivity contribution < 1.29 is 23.7 Å². The van der Waals surface area contributed by atoms with Gasteiger partial charge in [0.25, 0.3) is 0 Å². The second-order valence-electron chi connectivity index (χ2n) is 9.79. The van der Waals surface area contributed by atoms with Crippen LogP contribution in [0.2, 0.25) is 17.6 Å². The number of aliphatic hydroxyl groups is 1. The first kappa shape index (κ1) is 25.4. The van der Waals surface area contributed by atoms with E-state index in [2.05, 4.69) is 34.3 Å². The molecule has 1 aromatic carbocycles. The molecular formula is C26H42O5Si. The highest BCUT2D eigenvalue weighted by atomic mass is 28.4. The van der Waals surface area contributed by atoms with Gasteiger partial charge in [0.2, 0.25) is 0 Å². The lowest BCUT2D eigenvalue weighted by molar-refractivity contribution is -0.262. The molecule has 3 rings (SSSR count). The molecule has 5 nitrogen and oxygen atoms in total. The first-order chi connectivity index (χ1) is 15.3. The van der Waals surface area contributed by atoms with E-state index in [0.29, 0.717) is 31.1 Å². The molecule has 0 aromatic heterocycles. The van der Waals surface area contributed by atoms with Crippen LogP contribution in [0.25, 0.3) is 0 Å². The van der Waals surface area contributed by atoms with Crippen LogP contribution in [0.1, 0.15) is 52.5 Å². The summed E-state index contributed by atoms with van der Waals surface area (Å²) < 4.78 is 24.7. The molecule has 1 aromatic rings. The Labute approximate surface area is 195 Å². The Morgan fingerprint density at radius 3 is 2.47 bits per heavy atom. The van der Waals surface area contributed by atoms with Gasteiger partial charge in [0.15, 0.2) is 14.6 Å². The maximum absolute atomic E-state index is 11.2. The van der Waals surface area contributed by atoms with Gasteiger partial charge in [0.1, 0.15) is 11.4 Å². The van der Waals surface area contributed by atoms with E-state index < -0.39 is 20.2 Å². The number of rotatable bonds is 12. The average Bonchev–Trinajstić information content (AvgIpc) is 3.15. The first-order valence-electron chi connectivity index (χ1n) is 12.2. The predicted molar refractivity (Wildman–Crippen MR) is 130 cm³/mol. The molecule has 1 unspecified atom stereocenters. The van der Waals surface area contributed by atoms with E-state index in [1.54, 1.807) is 7.11 Å². The first-order valence-corrected chi connectivity index (χ1v) is 14.6. The summed E-state index contributed by atoms with van der Waals surface area (Å²) in [4.78, 5) is 0. The maximum atomic E-state index is 11.2. The van der Waals surface area contributed by atoms with Crippen molar-refractivity contribution in [3.05, 3.63) is 42.5 Å². The molecule has 2 fully saturated rings. The number of methoxy groups -OCH3 is 1. The minimum atomic E-state index is -2.06. The predicted octanol–water partition coefficient (Wildman–Crippen LogP) is 5.68. The number of aliphatic hydroxyl groups excluding tert-OH is 1. The van der Waals surface area contributed by atoms with E-state index in [1.165, 1.54) is 0 Å². The van der Waals surface area contributed by atoms with Crippen LogP contribution in [-0.4, -0.2) is 45.1 Å². The highest BCUT2D eigenvalue weighted by Gasteiger charge is 2.60. The minimum Gasteiger partial charge on any atom is -0.497 e. The monoisotopic (exact) mass is 462 g/mol. The summed E-state index contributed by atoms with van der Waals surface area (Å²) in [5.41, 5.74) is 0.862. The molecule has 0 spiro atoms. The number of ether oxygens (including phenoxy) is 3. The lowest BCUT2D eigenvalue weighted by Crippen LogP contribution is -2.62. The zero-order valence-corrected chi connectivity index (χ0v) is 21.5. The van der Waals surface area contributed by atoms with Crippen LogP contribution in [0.15, 0.2) is 36.9 Å². The molecule has 0 amide bonds. The molecule has 180 valence electrons. The van der Waals surface area contributed by atoms with Crippen LogP contribution < -0.4 is 4.74 Å². The maximum Gasteiger partial charge on any atom is 0.195 e. The molecule has 0 radical (unpaired) electrons. The van der Waals surface area contributed by atoms with Crippen molar-refractivity contribution in [2.45, 2.75) is 89.2 Å². The summed E-state index contributed by atoms with van der Waals surface area (Å²) in [6.07, 6.45) is 3.47. The molecule has 32 heavy (non-hydrogen) atoms. The van der Waals surface area contributed by atoms with Gasteiger partial charge in [-0.15, -0.1) is 6.58 Å². The SMILES string of the molecule is C=CC[C@@]1(O[Si](CC)(CC)C(C)C)C(O)O[C@@H]2C[C@H](COCc3ccc(OC)cc3)[C@H]1C2. The third kappa shape index (κ3) is 4.99. The summed E-state index contributed by atoms with van der Waals surface area (Å²) in [7, 11) is -0.390. The number of benzene rings is 1. The average molecular weight is 463 g/mol. The Morgan fingerprint density at radius 2 is 1.91 bits per heavy atom. The van der Waals surface area contributed by atoms with Gasteiger partial charge in [-0.05, 0) is 66.4 Å². The topological polar surface area (TPSA) is 57.2 Å². The third-order valence-corrected chi connectivity index (χ3v) is 13.2. The smallest absolute Gasteiger partial charge is 0.195 e. The molecule has 1 saturated heterocycles. The molecule has 1 heterocycles. The van der Waals surface area contributed by atoms with E-state index in [1.807, 2.05) is 30.3 Å². The van der Waals surface area contributed by atoms with Crippen LogP contribution in [0.4, 0.5) is 0 Å². The molecule has 5 atom stereocenters. The van der Waals surface area contributed by atoms with Crippen molar-refractivity contribution in [2.75, 3.05) is 13.7 Å².